The molecule has 0 fully saturated rings. The first-order chi connectivity index (χ1) is 8.29. The van der Waals surface area contributed by atoms with Gasteiger partial charge in [0.2, 0.25) is 6.79 Å². The summed E-state index contributed by atoms with van der Waals surface area (Å²) in [5.41, 5.74) is 5.89. The van der Waals surface area contributed by atoms with Crippen LogP contribution >= 0.6 is 0 Å². The fraction of sp³-hybridized carbons (Fsp3) is 0.364. The fourth-order valence-corrected chi connectivity index (χ4v) is 1.47. The molecule has 1 aromatic carbocycles. The van der Waals surface area contributed by atoms with Crippen molar-refractivity contribution in [2.45, 2.75) is 6.61 Å². The highest BCUT2D eigenvalue weighted by Crippen LogP contribution is 2.32. The highest BCUT2D eigenvalue weighted by Gasteiger charge is 2.13. The second kappa shape index (κ2) is 5.51. The minimum absolute atomic E-state index is 0.00921. The fourth-order valence-electron chi connectivity index (χ4n) is 1.47. The van der Waals surface area contributed by atoms with Crippen molar-refractivity contribution in [2.75, 3.05) is 20.4 Å². The lowest BCUT2D eigenvalue weighted by Gasteiger charge is -2.05. The van der Waals surface area contributed by atoms with Crippen molar-refractivity contribution >= 4 is 5.91 Å². The van der Waals surface area contributed by atoms with Crippen LogP contribution in [-0.2, 0) is 16.1 Å². The van der Waals surface area contributed by atoms with Gasteiger partial charge >= 0.3 is 0 Å². The van der Waals surface area contributed by atoms with Crippen LogP contribution in [0.15, 0.2) is 18.2 Å². The van der Waals surface area contributed by atoms with E-state index in [0.717, 1.165) is 11.3 Å². The van der Waals surface area contributed by atoms with Crippen LogP contribution in [0.5, 0.6) is 11.5 Å². The minimum Gasteiger partial charge on any atom is -0.454 e. The third kappa shape index (κ3) is 3.08. The van der Waals surface area contributed by atoms with E-state index in [-0.39, 0.29) is 19.3 Å². The summed E-state index contributed by atoms with van der Waals surface area (Å²) in [7, 11) is 1.62. The van der Waals surface area contributed by atoms with E-state index in [1.807, 2.05) is 18.2 Å². The van der Waals surface area contributed by atoms with Gasteiger partial charge in [-0.2, -0.15) is 0 Å². The van der Waals surface area contributed by atoms with E-state index in [1.54, 1.807) is 7.05 Å². The Morgan fingerprint density at radius 1 is 1.41 bits per heavy atom. The molecular weight excluding hydrogens is 224 g/mol. The molecule has 17 heavy (non-hydrogen) atoms. The van der Waals surface area contributed by atoms with Gasteiger partial charge < -0.3 is 14.2 Å². The van der Waals surface area contributed by atoms with Crippen LogP contribution in [-0.4, -0.2) is 26.4 Å². The van der Waals surface area contributed by atoms with Gasteiger partial charge in [-0.25, -0.2) is 5.43 Å². The molecule has 2 rings (SSSR count). The average Bonchev–Trinajstić information content (AvgIpc) is 2.76. The van der Waals surface area contributed by atoms with Gasteiger partial charge in [0, 0.05) is 7.05 Å². The topological polar surface area (TPSA) is 68.8 Å². The molecule has 0 radical (unpaired) electrons. The molecule has 0 saturated heterocycles. The number of carbonyl (C=O) groups is 1. The minimum atomic E-state index is -0.215. The van der Waals surface area contributed by atoms with E-state index in [9.17, 15) is 4.79 Å². The number of nitrogens with one attached hydrogen (secondary N) is 2. The highest BCUT2D eigenvalue weighted by molar-refractivity contribution is 5.76. The lowest BCUT2D eigenvalue weighted by atomic mass is 10.2. The van der Waals surface area contributed by atoms with Crippen molar-refractivity contribution in [3.8, 4) is 11.5 Å². The van der Waals surface area contributed by atoms with Gasteiger partial charge in [-0.1, -0.05) is 6.07 Å². The molecule has 1 heterocycles. The maximum Gasteiger partial charge on any atom is 0.260 e. The molecule has 6 heteroatoms. The zero-order chi connectivity index (χ0) is 12.1. The highest BCUT2D eigenvalue weighted by atomic mass is 16.7. The summed E-state index contributed by atoms with van der Waals surface area (Å²) in [6.45, 7) is 0.618. The maximum absolute atomic E-state index is 11.1. The third-order valence-corrected chi connectivity index (χ3v) is 2.20. The van der Waals surface area contributed by atoms with Crippen molar-refractivity contribution in [3.63, 3.8) is 0 Å². The first-order valence-electron chi connectivity index (χ1n) is 5.21. The molecule has 1 aromatic rings. The summed E-state index contributed by atoms with van der Waals surface area (Å²) in [6.07, 6.45) is 0. The van der Waals surface area contributed by atoms with Crippen LogP contribution in [0.3, 0.4) is 0 Å². The predicted molar refractivity (Wildman–Crippen MR) is 59.4 cm³/mol. The molecule has 0 saturated carbocycles. The second-order valence-corrected chi connectivity index (χ2v) is 3.48. The maximum atomic E-state index is 11.1. The number of hydrogen-bond donors (Lipinski definition) is 2. The Morgan fingerprint density at radius 2 is 2.24 bits per heavy atom. The quantitative estimate of drug-likeness (QED) is 0.716. The van der Waals surface area contributed by atoms with Crippen molar-refractivity contribution in [2.24, 2.45) is 0 Å². The molecule has 0 unspecified atom stereocenters. The van der Waals surface area contributed by atoms with Gasteiger partial charge in [-0.05, 0) is 17.7 Å². The average molecular weight is 238 g/mol. The van der Waals surface area contributed by atoms with Gasteiger partial charge in [-0.15, -0.1) is 0 Å². The Kier molecular flexibility index (Phi) is 3.79. The van der Waals surface area contributed by atoms with Crippen molar-refractivity contribution < 1.29 is 19.0 Å². The second-order valence-electron chi connectivity index (χ2n) is 3.48. The van der Waals surface area contributed by atoms with Crippen LogP contribution in [0, 0.1) is 0 Å². The van der Waals surface area contributed by atoms with Gasteiger partial charge in [0.25, 0.3) is 5.91 Å². The summed E-state index contributed by atoms with van der Waals surface area (Å²) in [5, 5.41) is 0. The number of hydrazine groups is 1. The summed E-state index contributed by atoms with van der Waals surface area (Å²) >= 11 is 0. The standard InChI is InChI=1S/C11H14N2O4/c1-12-13-11(14)6-15-5-8-2-3-9-10(4-8)17-7-16-9/h2-4,12H,5-7H2,1H3,(H,13,14). The normalized spacial score (nSPS) is 12.5. The molecular formula is C11H14N2O4. The molecule has 0 bridgehead atoms. The number of ether oxygens (including phenoxy) is 3. The summed E-state index contributed by atoms with van der Waals surface area (Å²) < 4.78 is 15.7. The van der Waals surface area contributed by atoms with E-state index in [2.05, 4.69) is 10.9 Å². The van der Waals surface area contributed by atoms with Crippen LogP contribution < -0.4 is 20.3 Å². The first kappa shape index (κ1) is 11.7. The number of rotatable bonds is 5. The third-order valence-electron chi connectivity index (χ3n) is 2.20. The van der Waals surface area contributed by atoms with E-state index < -0.39 is 0 Å². The monoisotopic (exact) mass is 238 g/mol. The Labute approximate surface area is 98.8 Å². The molecule has 1 amide bonds. The molecule has 0 aromatic heterocycles. The van der Waals surface area contributed by atoms with Crippen molar-refractivity contribution in [3.05, 3.63) is 23.8 Å². The number of hydrogen-bond acceptors (Lipinski definition) is 5. The smallest absolute Gasteiger partial charge is 0.260 e. The number of carbonyl (C=O) groups excluding carboxylic acids is 1. The van der Waals surface area contributed by atoms with Crippen LogP contribution in [0.4, 0.5) is 0 Å². The molecule has 2 N–H and O–H groups in total. The molecule has 6 nitrogen and oxygen atoms in total. The zero-order valence-electron chi connectivity index (χ0n) is 9.49. The Balaban J connectivity index is 1.81. The molecule has 0 atom stereocenters. The lowest BCUT2D eigenvalue weighted by Crippen LogP contribution is -2.36. The first-order valence-corrected chi connectivity index (χ1v) is 5.21. The van der Waals surface area contributed by atoms with E-state index >= 15 is 0 Å². The van der Waals surface area contributed by atoms with Crippen molar-refractivity contribution in [1.29, 1.82) is 0 Å². The molecule has 0 aliphatic carbocycles. The Morgan fingerprint density at radius 3 is 3.06 bits per heavy atom. The van der Waals surface area contributed by atoms with Gasteiger partial charge in [0.15, 0.2) is 11.5 Å². The molecule has 1 aliphatic heterocycles. The lowest BCUT2D eigenvalue weighted by molar-refractivity contribution is -0.126. The number of amides is 1. The Bertz CT molecular complexity index is 408. The molecule has 92 valence electrons. The predicted octanol–water partition coefficient (Wildman–Crippen LogP) is 0.183. The summed E-state index contributed by atoms with van der Waals surface area (Å²) in [6, 6.07) is 5.55. The molecule has 1 aliphatic rings. The van der Waals surface area contributed by atoms with Crippen molar-refractivity contribution in [1.82, 2.24) is 10.9 Å². The zero-order valence-corrected chi connectivity index (χ0v) is 9.49. The number of benzene rings is 1. The van der Waals surface area contributed by atoms with E-state index in [0.29, 0.717) is 12.4 Å². The number of fused-ring (bicyclic) bond motifs is 1. The van der Waals surface area contributed by atoms with E-state index in [4.69, 9.17) is 14.2 Å². The van der Waals surface area contributed by atoms with Gasteiger partial charge in [0.1, 0.15) is 6.61 Å². The largest absolute Gasteiger partial charge is 0.454 e. The SMILES string of the molecule is CNNC(=O)COCc1ccc2c(c1)OCO2. The van der Waals surface area contributed by atoms with Crippen LogP contribution in [0.2, 0.25) is 0 Å². The van der Waals surface area contributed by atoms with Gasteiger partial charge in [0.05, 0.1) is 6.61 Å². The summed E-state index contributed by atoms with van der Waals surface area (Å²) in [5.74, 6) is 1.24. The van der Waals surface area contributed by atoms with Crippen LogP contribution in [0.1, 0.15) is 5.56 Å². The Hall–Kier alpha value is -1.79. The van der Waals surface area contributed by atoms with E-state index in [1.165, 1.54) is 0 Å². The van der Waals surface area contributed by atoms with Gasteiger partial charge in [-0.3, -0.25) is 10.2 Å². The van der Waals surface area contributed by atoms with Crippen LogP contribution in [0.25, 0.3) is 0 Å². The molecule has 0 spiro atoms. The summed E-state index contributed by atoms with van der Waals surface area (Å²) in [4.78, 5) is 11.1.